The zero-order valence-corrected chi connectivity index (χ0v) is 20.8. The van der Waals surface area contributed by atoms with E-state index in [0.29, 0.717) is 12.2 Å². The third-order valence-electron chi connectivity index (χ3n) is 6.23. The number of hydrogen-bond acceptors (Lipinski definition) is 3. The molecule has 1 aliphatic rings. The summed E-state index contributed by atoms with van der Waals surface area (Å²) in [6, 6.07) is 14.6. The number of ether oxygens (including phenoxy) is 1. The van der Waals surface area contributed by atoms with Gasteiger partial charge in [-0.15, -0.1) is 11.8 Å². The first-order chi connectivity index (χ1) is 15.6. The van der Waals surface area contributed by atoms with Crippen molar-refractivity contribution in [1.29, 1.82) is 0 Å². The van der Waals surface area contributed by atoms with E-state index in [1.807, 2.05) is 31.2 Å². The maximum Gasteiger partial charge on any atom is 0.338 e. The zero-order valence-electron chi connectivity index (χ0n) is 20.0. The van der Waals surface area contributed by atoms with Gasteiger partial charge in [-0.3, -0.25) is 0 Å². The van der Waals surface area contributed by atoms with Crippen LogP contribution in [0.1, 0.15) is 99.2 Å². The fourth-order valence-electron chi connectivity index (χ4n) is 4.31. The molecule has 3 heteroatoms. The predicted molar refractivity (Wildman–Crippen MR) is 138 cm³/mol. The molecule has 1 heterocycles. The predicted octanol–water partition coefficient (Wildman–Crippen LogP) is 8.58. The summed E-state index contributed by atoms with van der Waals surface area (Å²) < 4.78 is 5.06. The Balaban J connectivity index is 1.56. The van der Waals surface area contributed by atoms with E-state index in [-0.39, 0.29) is 5.97 Å². The number of allylic oxidation sites excluding steroid dienone is 1. The Labute approximate surface area is 198 Å². The molecule has 0 aliphatic carbocycles. The molecule has 0 radical (unpaired) electrons. The van der Waals surface area contributed by atoms with E-state index in [1.54, 1.807) is 0 Å². The number of benzene rings is 2. The Bertz CT molecular complexity index is 898. The van der Waals surface area contributed by atoms with Crippen molar-refractivity contribution < 1.29 is 9.53 Å². The first kappa shape index (κ1) is 24.6. The lowest BCUT2D eigenvalue weighted by molar-refractivity contribution is 0.0526. The SMILES string of the molecule is CCCCCCCCC1CCc2cc(/C(C)=C/c3ccc(C(=O)OCC)cc3)ccc2S1. The van der Waals surface area contributed by atoms with Crippen LogP contribution in [-0.4, -0.2) is 17.8 Å². The van der Waals surface area contributed by atoms with Crippen molar-refractivity contribution in [3.05, 3.63) is 64.7 Å². The summed E-state index contributed by atoms with van der Waals surface area (Å²) in [7, 11) is 0. The molecule has 1 unspecified atom stereocenters. The smallest absolute Gasteiger partial charge is 0.338 e. The number of unbranched alkanes of at least 4 members (excludes halogenated alkanes) is 5. The molecule has 0 amide bonds. The largest absolute Gasteiger partial charge is 0.462 e. The quantitative estimate of drug-likeness (QED) is 0.195. The van der Waals surface area contributed by atoms with E-state index < -0.39 is 0 Å². The zero-order chi connectivity index (χ0) is 22.8. The number of thioether (sulfide) groups is 1. The molecule has 0 aromatic heterocycles. The second-order valence-corrected chi connectivity index (χ2v) is 10.2. The lowest BCUT2D eigenvalue weighted by atomic mass is 9.98. The highest BCUT2D eigenvalue weighted by atomic mass is 32.2. The molecule has 1 atom stereocenters. The van der Waals surface area contributed by atoms with Gasteiger partial charge in [0.1, 0.15) is 0 Å². The molecule has 32 heavy (non-hydrogen) atoms. The van der Waals surface area contributed by atoms with E-state index in [9.17, 15) is 4.79 Å². The normalized spacial score (nSPS) is 16.0. The molecular formula is C29H38O2S. The summed E-state index contributed by atoms with van der Waals surface area (Å²) in [5, 5.41) is 0.786. The molecule has 0 spiro atoms. The molecule has 3 rings (SSSR count). The summed E-state index contributed by atoms with van der Waals surface area (Å²) in [4.78, 5) is 13.3. The van der Waals surface area contributed by atoms with Crippen LogP contribution in [0.5, 0.6) is 0 Å². The molecule has 0 bridgehead atoms. The van der Waals surface area contributed by atoms with Gasteiger partial charge in [-0.1, -0.05) is 75.8 Å². The second-order valence-electron chi connectivity index (χ2n) is 8.83. The van der Waals surface area contributed by atoms with E-state index in [1.165, 1.54) is 79.4 Å². The first-order valence-corrected chi connectivity index (χ1v) is 13.2. The van der Waals surface area contributed by atoms with Crippen LogP contribution >= 0.6 is 11.8 Å². The van der Waals surface area contributed by atoms with E-state index in [0.717, 1.165) is 10.8 Å². The Kier molecular flexibility index (Phi) is 9.92. The molecule has 2 aromatic rings. The fourth-order valence-corrected chi connectivity index (χ4v) is 5.65. The second kappa shape index (κ2) is 12.9. The van der Waals surface area contributed by atoms with Gasteiger partial charge in [0.2, 0.25) is 0 Å². The monoisotopic (exact) mass is 450 g/mol. The summed E-state index contributed by atoms with van der Waals surface area (Å²) >= 11 is 2.09. The number of hydrogen-bond donors (Lipinski definition) is 0. The van der Waals surface area contributed by atoms with Crippen LogP contribution < -0.4 is 0 Å². The number of rotatable bonds is 11. The van der Waals surface area contributed by atoms with Crippen molar-refractivity contribution in [1.82, 2.24) is 0 Å². The van der Waals surface area contributed by atoms with E-state index >= 15 is 0 Å². The Morgan fingerprint density at radius 2 is 1.72 bits per heavy atom. The highest BCUT2D eigenvalue weighted by molar-refractivity contribution is 8.00. The van der Waals surface area contributed by atoms with E-state index in [4.69, 9.17) is 4.74 Å². The van der Waals surface area contributed by atoms with Crippen molar-refractivity contribution >= 4 is 29.4 Å². The number of carbonyl (C=O) groups is 1. The third kappa shape index (κ3) is 7.27. The lowest BCUT2D eigenvalue weighted by Crippen LogP contribution is -2.11. The molecule has 2 nitrogen and oxygen atoms in total. The number of esters is 1. The highest BCUT2D eigenvalue weighted by Crippen LogP contribution is 2.39. The van der Waals surface area contributed by atoms with Gasteiger partial charge in [-0.2, -0.15) is 0 Å². The van der Waals surface area contributed by atoms with Crippen molar-refractivity contribution in [2.45, 2.75) is 88.7 Å². The minimum absolute atomic E-state index is 0.262. The maximum atomic E-state index is 11.8. The van der Waals surface area contributed by atoms with Gasteiger partial charge in [0.05, 0.1) is 12.2 Å². The van der Waals surface area contributed by atoms with Crippen molar-refractivity contribution in [3.63, 3.8) is 0 Å². The summed E-state index contributed by atoms with van der Waals surface area (Å²) in [6.07, 6.45) is 14.3. The van der Waals surface area contributed by atoms with Crippen LogP contribution in [0.25, 0.3) is 11.6 Å². The Morgan fingerprint density at radius 3 is 2.47 bits per heavy atom. The maximum absolute atomic E-state index is 11.8. The van der Waals surface area contributed by atoms with Crippen molar-refractivity contribution in [3.8, 4) is 0 Å². The standard InChI is InChI=1S/C29H38O2S/c1-4-6-7-8-9-10-11-27-18-16-26-21-25(17-19-28(26)32-27)22(3)20-23-12-14-24(15-13-23)29(30)31-5-2/h12-15,17,19-21,27H,4-11,16,18H2,1-3H3/b22-20+. The number of aryl methyl sites for hydroxylation is 1. The highest BCUT2D eigenvalue weighted by Gasteiger charge is 2.19. The summed E-state index contributed by atoms with van der Waals surface area (Å²) in [5.74, 6) is -0.262. The Hall–Kier alpha value is -2.00. The van der Waals surface area contributed by atoms with Crippen LogP contribution in [0.15, 0.2) is 47.4 Å². The van der Waals surface area contributed by atoms with Crippen molar-refractivity contribution in [2.75, 3.05) is 6.61 Å². The van der Waals surface area contributed by atoms with Gasteiger partial charge in [0, 0.05) is 10.1 Å². The van der Waals surface area contributed by atoms with Crippen LogP contribution in [-0.2, 0) is 11.2 Å². The number of fused-ring (bicyclic) bond motifs is 1. The lowest BCUT2D eigenvalue weighted by Gasteiger charge is -2.24. The van der Waals surface area contributed by atoms with Crippen LogP contribution in [0.3, 0.4) is 0 Å². The molecule has 0 saturated heterocycles. The molecule has 2 aromatic carbocycles. The molecule has 1 aliphatic heterocycles. The molecule has 172 valence electrons. The van der Waals surface area contributed by atoms with Gasteiger partial charge in [0.15, 0.2) is 0 Å². The van der Waals surface area contributed by atoms with Gasteiger partial charge < -0.3 is 4.74 Å². The van der Waals surface area contributed by atoms with Crippen LogP contribution in [0.2, 0.25) is 0 Å². The number of carbonyl (C=O) groups excluding carboxylic acids is 1. The molecular weight excluding hydrogens is 412 g/mol. The van der Waals surface area contributed by atoms with Crippen LogP contribution in [0, 0.1) is 0 Å². The van der Waals surface area contributed by atoms with Gasteiger partial charge in [0.25, 0.3) is 0 Å². The third-order valence-corrected chi connectivity index (χ3v) is 7.69. The van der Waals surface area contributed by atoms with Gasteiger partial charge >= 0.3 is 5.97 Å². The van der Waals surface area contributed by atoms with Crippen LogP contribution in [0.4, 0.5) is 0 Å². The minimum Gasteiger partial charge on any atom is -0.462 e. The average Bonchev–Trinajstić information content (AvgIpc) is 2.81. The Morgan fingerprint density at radius 1 is 1.00 bits per heavy atom. The van der Waals surface area contributed by atoms with Gasteiger partial charge in [-0.05, 0) is 73.6 Å². The van der Waals surface area contributed by atoms with E-state index in [2.05, 4.69) is 49.9 Å². The summed E-state index contributed by atoms with van der Waals surface area (Å²) in [5.41, 5.74) is 5.73. The molecule has 0 saturated carbocycles. The van der Waals surface area contributed by atoms with Gasteiger partial charge in [-0.25, -0.2) is 4.79 Å². The fraction of sp³-hybridized carbons (Fsp3) is 0.483. The van der Waals surface area contributed by atoms with Crippen molar-refractivity contribution in [2.24, 2.45) is 0 Å². The first-order valence-electron chi connectivity index (χ1n) is 12.4. The average molecular weight is 451 g/mol. The minimum atomic E-state index is -0.262. The summed E-state index contributed by atoms with van der Waals surface area (Å²) in [6.45, 7) is 6.67. The molecule has 0 N–H and O–H groups in total. The topological polar surface area (TPSA) is 26.3 Å². The molecule has 0 fully saturated rings.